The first-order valence-corrected chi connectivity index (χ1v) is 5.60. The largest absolute Gasteiger partial charge is 0.379 e. The van der Waals surface area contributed by atoms with Crippen LogP contribution in [0, 0.1) is 6.92 Å². The minimum absolute atomic E-state index is 0.0898. The molecule has 1 aromatic heterocycles. The van der Waals surface area contributed by atoms with Crippen LogP contribution in [0.1, 0.15) is 5.69 Å². The van der Waals surface area contributed by atoms with Crippen LogP contribution in [0.4, 0.5) is 0 Å². The number of thiazole rings is 1. The van der Waals surface area contributed by atoms with Crippen LogP contribution in [0.2, 0.25) is 0 Å². The van der Waals surface area contributed by atoms with Crippen LogP contribution in [0.25, 0.3) is 0 Å². The molecule has 5 heteroatoms. The monoisotopic (exact) mass is 219 g/mol. The van der Waals surface area contributed by atoms with E-state index < -0.39 is 0 Å². The molecular weight excluding hydrogens is 206 g/mol. The number of rotatable bonds is 5. The Morgan fingerprint density at radius 1 is 1.62 bits per heavy atom. The summed E-state index contributed by atoms with van der Waals surface area (Å²) < 4.78 is 6.96. The van der Waals surface area contributed by atoms with Gasteiger partial charge in [-0.1, -0.05) is 11.3 Å². The van der Waals surface area contributed by atoms with E-state index in [1.807, 2.05) is 12.3 Å². The van der Waals surface area contributed by atoms with Crippen LogP contribution in [0.3, 0.4) is 0 Å². The van der Waals surface area contributed by atoms with Gasteiger partial charge in [0, 0.05) is 16.8 Å². The molecule has 1 aromatic rings. The summed E-state index contributed by atoms with van der Waals surface area (Å²) in [5.74, 6) is 0.720. The first-order valence-electron chi connectivity index (χ1n) is 4.09. The van der Waals surface area contributed by atoms with Gasteiger partial charge in [-0.15, -0.1) is 0 Å². The van der Waals surface area contributed by atoms with Gasteiger partial charge in [-0.2, -0.15) is 12.6 Å². The molecule has 1 rings (SSSR count). The van der Waals surface area contributed by atoms with E-state index in [4.69, 9.17) is 4.74 Å². The molecule has 74 valence electrons. The maximum absolute atomic E-state index is 11.2. The van der Waals surface area contributed by atoms with Crippen molar-refractivity contribution in [2.45, 2.75) is 13.5 Å². The lowest BCUT2D eigenvalue weighted by Crippen LogP contribution is -2.18. The second-order valence-corrected chi connectivity index (χ2v) is 3.90. The van der Waals surface area contributed by atoms with Crippen molar-refractivity contribution in [3.63, 3.8) is 0 Å². The molecule has 3 nitrogen and oxygen atoms in total. The summed E-state index contributed by atoms with van der Waals surface area (Å²) in [4.78, 5) is 11.3. The van der Waals surface area contributed by atoms with Crippen molar-refractivity contribution in [3.05, 3.63) is 20.7 Å². The normalized spacial score (nSPS) is 10.6. The van der Waals surface area contributed by atoms with E-state index in [1.54, 1.807) is 4.57 Å². The lowest BCUT2D eigenvalue weighted by atomic mass is 10.5. The van der Waals surface area contributed by atoms with Crippen molar-refractivity contribution < 1.29 is 4.74 Å². The average molecular weight is 219 g/mol. The summed E-state index contributed by atoms with van der Waals surface area (Å²) in [5, 5.41) is 1.86. The van der Waals surface area contributed by atoms with Gasteiger partial charge in [0.15, 0.2) is 0 Å². The minimum atomic E-state index is 0.0898. The standard InChI is InChI=1S/C8H13NO2S2/c1-7-6-13-8(10)9(7)2-3-11-4-5-12/h6,12H,2-5H2,1H3. The smallest absolute Gasteiger partial charge is 0.307 e. The van der Waals surface area contributed by atoms with Crippen molar-refractivity contribution >= 4 is 24.0 Å². The molecule has 0 radical (unpaired) electrons. The summed E-state index contributed by atoms with van der Waals surface area (Å²) >= 11 is 5.25. The molecule has 13 heavy (non-hydrogen) atoms. The third-order valence-corrected chi connectivity index (χ3v) is 2.73. The molecule has 0 aliphatic rings. The van der Waals surface area contributed by atoms with Gasteiger partial charge in [-0.05, 0) is 6.92 Å². The third kappa shape index (κ3) is 3.17. The molecule has 0 N–H and O–H groups in total. The van der Waals surface area contributed by atoms with E-state index in [1.165, 1.54) is 11.3 Å². The second kappa shape index (κ2) is 5.47. The number of hydrogen-bond donors (Lipinski definition) is 1. The van der Waals surface area contributed by atoms with Crippen LogP contribution in [-0.4, -0.2) is 23.5 Å². The summed E-state index contributed by atoms with van der Waals surface area (Å²) in [6.07, 6.45) is 0. The highest BCUT2D eigenvalue weighted by Gasteiger charge is 2.00. The number of ether oxygens (including phenoxy) is 1. The summed E-state index contributed by atoms with van der Waals surface area (Å²) in [7, 11) is 0. The molecule has 0 aromatic carbocycles. The summed E-state index contributed by atoms with van der Waals surface area (Å²) in [6.45, 7) is 3.79. The Bertz CT molecular complexity index is 305. The van der Waals surface area contributed by atoms with Crippen molar-refractivity contribution in [3.8, 4) is 0 Å². The number of thiol groups is 1. The fourth-order valence-corrected chi connectivity index (χ4v) is 1.89. The van der Waals surface area contributed by atoms with Gasteiger partial charge in [-0.25, -0.2) is 0 Å². The molecule has 0 saturated heterocycles. The zero-order chi connectivity index (χ0) is 9.68. The Labute approximate surface area is 86.8 Å². The first kappa shape index (κ1) is 10.8. The Morgan fingerprint density at radius 2 is 2.38 bits per heavy atom. The highest BCUT2D eigenvalue weighted by Crippen LogP contribution is 1.98. The van der Waals surface area contributed by atoms with Crippen LogP contribution in [0.15, 0.2) is 10.2 Å². The maximum atomic E-state index is 11.2. The van der Waals surface area contributed by atoms with E-state index in [0.29, 0.717) is 19.8 Å². The van der Waals surface area contributed by atoms with Crippen LogP contribution < -0.4 is 4.87 Å². The van der Waals surface area contributed by atoms with Gasteiger partial charge >= 0.3 is 4.87 Å². The van der Waals surface area contributed by atoms with Crippen molar-refractivity contribution in [2.75, 3.05) is 19.0 Å². The molecule has 0 aliphatic heterocycles. The number of aromatic nitrogens is 1. The number of hydrogen-bond acceptors (Lipinski definition) is 4. The lowest BCUT2D eigenvalue weighted by molar-refractivity contribution is 0.140. The van der Waals surface area contributed by atoms with E-state index in [9.17, 15) is 4.79 Å². The summed E-state index contributed by atoms with van der Waals surface area (Å²) in [5.41, 5.74) is 1.00. The fourth-order valence-electron chi connectivity index (χ4n) is 0.997. The van der Waals surface area contributed by atoms with Crippen LogP contribution >= 0.6 is 24.0 Å². The van der Waals surface area contributed by atoms with Gasteiger partial charge in [-0.3, -0.25) is 4.79 Å². The topological polar surface area (TPSA) is 31.2 Å². The number of aryl methyl sites for hydroxylation is 1. The maximum Gasteiger partial charge on any atom is 0.307 e. The van der Waals surface area contributed by atoms with Gasteiger partial charge in [0.25, 0.3) is 0 Å². The van der Waals surface area contributed by atoms with Gasteiger partial charge in [0.1, 0.15) is 0 Å². The predicted molar refractivity (Wildman–Crippen MR) is 58.0 cm³/mol. The quantitative estimate of drug-likeness (QED) is 0.595. The first-order chi connectivity index (χ1) is 6.25. The lowest BCUT2D eigenvalue weighted by Gasteiger charge is -2.04. The van der Waals surface area contributed by atoms with E-state index in [-0.39, 0.29) is 4.87 Å². The number of nitrogens with zero attached hydrogens (tertiary/aromatic N) is 1. The Kier molecular flexibility index (Phi) is 4.55. The molecule has 0 aliphatic carbocycles. The average Bonchev–Trinajstić information content (AvgIpc) is 2.42. The van der Waals surface area contributed by atoms with Gasteiger partial charge in [0.05, 0.1) is 19.8 Å². The zero-order valence-electron chi connectivity index (χ0n) is 7.52. The Balaban J connectivity index is 2.40. The van der Waals surface area contributed by atoms with E-state index in [2.05, 4.69) is 12.6 Å². The van der Waals surface area contributed by atoms with Crippen LogP contribution in [0.5, 0.6) is 0 Å². The van der Waals surface area contributed by atoms with E-state index in [0.717, 1.165) is 11.4 Å². The van der Waals surface area contributed by atoms with Crippen molar-refractivity contribution in [2.24, 2.45) is 0 Å². The Hall–Kier alpha value is -0.260. The molecule has 0 atom stereocenters. The molecule has 0 spiro atoms. The fraction of sp³-hybridized carbons (Fsp3) is 0.625. The minimum Gasteiger partial charge on any atom is -0.379 e. The predicted octanol–water partition coefficient (Wildman–Crippen LogP) is 1.16. The molecular formula is C8H13NO2S2. The van der Waals surface area contributed by atoms with Crippen LogP contribution in [-0.2, 0) is 11.3 Å². The molecule has 0 saturated carbocycles. The van der Waals surface area contributed by atoms with Crippen molar-refractivity contribution in [1.29, 1.82) is 0 Å². The van der Waals surface area contributed by atoms with Gasteiger partial charge < -0.3 is 9.30 Å². The third-order valence-electron chi connectivity index (χ3n) is 1.67. The van der Waals surface area contributed by atoms with E-state index >= 15 is 0 Å². The van der Waals surface area contributed by atoms with Crippen molar-refractivity contribution in [1.82, 2.24) is 4.57 Å². The van der Waals surface area contributed by atoms with Gasteiger partial charge in [0.2, 0.25) is 0 Å². The SMILES string of the molecule is Cc1csc(=O)n1CCOCCS. The Morgan fingerprint density at radius 3 is 2.92 bits per heavy atom. The molecule has 0 amide bonds. The molecule has 0 fully saturated rings. The zero-order valence-corrected chi connectivity index (χ0v) is 9.24. The summed E-state index contributed by atoms with van der Waals surface area (Å²) in [6, 6.07) is 0. The second-order valence-electron chi connectivity index (χ2n) is 2.63. The highest BCUT2D eigenvalue weighted by molar-refractivity contribution is 7.80. The molecule has 0 bridgehead atoms. The molecule has 0 unspecified atom stereocenters. The molecule has 1 heterocycles. The highest BCUT2D eigenvalue weighted by atomic mass is 32.1.